The second-order valence-electron chi connectivity index (χ2n) is 4.71. The first-order valence-electron chi connectivity index (χ1n) is 4.96. The van der Waals surface area contributed by atoms with Gasteiger partial charge in [0.05, 0.1) is 5.92 Å². The van der Waals surface area contributed by atoms with E-state index >= 15 is 0 Å². The summed E-state index contributed by atoms with van der Waals surface area (Å²) in [6.07, 6.45) is 0. The molecular weight excluding hydrogens is 192 g/mol. The summed E-state index contributed by atoms with van der Waals surface area (Å²) in [5, 5.41) is 18.2. The predicted molar refractivity (Wildman–Crippen MR) is 55.8 cm³/mol. The Labute approximate surface area is 88.4 Å². The van der Waals surface area contributed by atoms with Crippen molar-refractivity contribution >= 4 is 5.97 Å². The number of hydrogen-bond donors (Lipinski definition) is 2. The molecular formula is C12H14O3. The van der Waals surface area contributed by atoms with E-state index in [0.717, 1.165) is 5.56 Å². The van der Waals surface area contributed by atoms with Crippen molar-refractivity contribution in [2.24, 2.45) is 11.3 Å². The Morgan fingerprint density at radius 2 is 1.80 bits per heavy atom. The van der Waals surface area contributed by atoms with Crippen LogP contribution < -0.4 is 0 Å². The third-order valence-corrected chi connectivity index (χ3v) is 3.35. The fourth-order valence-electron chi connectivity index (χ4n) is 2.40. The first-order chi connectivity index (χ1) is 6.94. The van der Waals surface area contributed by atoms with Gasteiger partial charge in [-0.1, -0.05) is 26.0 Å². The van der Waals surface area contributed by atoms with Crippen LogP contribution in [0.5, 0.6) is 5.75 Å². The highest BCUT2D eigenvalue weighted by molar-refractivity contribution is 5.77. The molecule has 15 heavy (non-hydrogen) atoms. The van der Waals surface area contributed by atoms with E-state index in [0.29, 0.717) is 0 Å². The molecule has 0 aliphatic heterocycles. The summed E-state index contributed by atoms with van der Waals surface area (Å²) in [6.45, 7) is 3.92. The molecule has 2 rings (SSSR count). The van der Waals surface area contributed by atoms with Gasteiger partial charge in [0.25, 0.3) is 0 Å². The van der Waals surface area contributed by atoms with E-state index in [4.69, 9.17) is 10.2 Å². The van der Waals surface area contributed by atoms with Crippen molar-refractivity contribution in [2.45, 2.75) is 19.8 Å². The number of carboxylic acids is 1. The molecule has 0 amide bonds. The highest BCUT2D eigenvalue weighted by atomic mass is 16.4. The van der Waals surface area contributed by atoms with E-state index in [-0.39, 0.29) is 23.0 Å². The topological polar surface area (TPSA) is 57.5 Å². The Hall–Kier alpha value is -1.51. The van der Waals surface area contributed by atoms with Gasteiger partial charge in [0.1, 0.15) is 5.75 Å². The maximum Gasteiger partial charge on any atom is 0.307 e. The van der Waals surface area contributed by atoms with Crippen LogP contribution in [0.15, 0.2) is 24.3 Å². The third kappa shape index (κ3) is 1.48. The Bertz CT molecular complexity index is 392. The van der Waals surface area contributed by atoms with Gasteiger partial charge in [-0.3, -0.25) is 4.79 Å². The van der Waals surface area contributed by atoms with Crippen molar-refractivity contribution in [3.8, 4) is 5.75 Å². The van der Waals surface area contributed by atoms with Crippen molar-refractivity contribution in [2.75, 3.05) is 0 Å². The van der Waals surface area contributed by atoms with Crippen molar-refractivity contribution in [1.29, 1.82) is 0 Å². The third-order valence-electron chi connectivity index (χ3n) is 3.35. The van der Waals surface area contributed by atoms with Gasteiger partial charge in [-0.25, -0.2) is 0 Å². The van der Waals surface area contributed by atoms with Crippen LogP contribution in [0.1, 0.15) is 25.3 Å². The highest BCUT2D eigenvalue weighted by Gasteiger charge is 2.62. The molecule has 0 heterocycles. The maximum atomic E-state index is 11.0. The van der Waals surface area contributed by atoms with Gasteiger partial charge in [0, 0.05) is 5.92 Å². The number of hydrogen-bond acceptors (Lipinski definition) is 2. The predicted octanol–water partition coefficient (Wildman–Crippen LogP) is 2.22. The normalized spacial score (nSPS) is 27.3. The molecule has 1 aromatic carbocycles. The Kier molecular flexibility index (Phi) is 2.00. The van der Waals surface area contributed by atoms with Crippen molar-refractivity contribution < 1.29 is 15.0 Å². The van der Waals surface area contributed by atoms with E-state index in [2.05, 4.69) is 0 Å². The first-order valence-corrected chi connectivity index (χ1v) is 4.96. The van der Waals surface area contributed by atoms with Crippen molar-refractivity contribution in [3.63, 3.8) is 0 Å². The molecule has 3 heteroatoms. The van der Waals surface area contributed by atoms with Crippen LogP contribution in [-0.4, -0.2) is 16.2 Å². The number of aromatic hydroxyl groups is 1. The van der Waals surface area contributed by atoms with Gasteiger partial charge in [-0.05, 0) is 23.1 Å². The molecule has 1 fully saturated rings. The second-order valence-corrected chi connectivity index (χ2v) is 4.71. The van der Waals surface area contributed by atoms with Crippen LogP contribution in [0.25, 0.3) is 0 Å². The monoisotopic (exact) mass is 206 g/mol. The number of rotatable bonds is 2. The number of carboxylic acid groups (broad SMARTS) is 1. The summed E-state index contributed by atoms with van der Waals surface area (Å²) < 4.78 is 0. The molecule has 80 valence electrons. The molecule has 0 bridgehead atoms. The summed E-state index contributed by atoms with van der Waals surface area (Å²) in [5.74, 6) is -0.764. The summed E-state index contributed by atoms with van der Waals surface area (Å²) in [6, 6.07) is 6.79. The van der Waals surface area contributed by atoms with Crippen LogP contribution >= 0.6 is 0 Å². The molecule has 0 aromatic heterocycles. The number of phenols is 1. The largest absolute Gasteiger partial charge is 0.508 e. The number of phenolic OH excluding ortho intramolecular Hbond substituents is 1. The van der Waals surface area contributed by atoms with E-state index in [1.807, 2.05) is 13.8 Å². The lowest BCUT2D eigenvalue weighted by molar-refractivity contribution is -0.139. The van der Waals surface area contributed by atoms with Crippen LogP contribution in [0.3, 0.4) is 0 Å². The van der Waals surface area contributed by atoms with E-state index in [9.17, 15) is 4.79 Å². The fourth-order valence-corrected chi connectivity index (χ4v) is 2.40. The quantitative estimate of drug-likeness (QED) is 0.780. The number of benzene rings is 1. The SMILES string of the molecule is CC1(C)[C@H](C(=O)O)[C@H]1c1ccc(O)cc1. The van der Waals surface area contributed by atoms with Gasteiger partial charge in [0.15, 0.2) is 0 Å². The number of aliphatic carboxylic acids is 1. The van der Waals surface area contributed by atoms with Crippen LogP contribution in [0.2, 0.25) is 0 Å². The van der Waals surface area contributed by atoms with Crippen molar-refractivity contribution in [1.82, 2.24) is 0 Å². The minimum atomic E-state index is -0.738. The maximum absolute atomic E-state index is 11.0. The van der Waals surface area contributed by atoms with E-state index in [1.165, 1.54) is 0 Å². The summed E-state index contributed by atoms with van der Waals surface area (Å²) >= 11 is 0. The zero-order chi connectivity index (χ0) is 11.2. The van der Waals surface area contributed by atoms with Crippen LogP contribution in [-0.2, 0) is 4.79 Å². The molecule has 3 nitrogen and oxygen atoms in total. The van der Waals surface area contributed by atoms with Crippen LogP contribution in [0, 0.1) is 11.3 Å². The zero-order valence-corrected chi connectivity index (χ0v) is 8.77. The molecule has 1 aliphatic rings. The summed E-state index contributed by atoms with van der Waals surface area (Å²) in [7, 11) is 0. The molecule has 0 unspecified atom stereocenters. The van der Waals surface area contributed by atoms with Gasteiger partial charge in [-0.2, -0.15) is 0 Å². The molecule has 0 spiro atoms. The van der Waals surface area contributed by atoms with Gasteiger partial charge in [0.2, 0.25) is 0 Å². The average Bonchev–Trinajstić information content (AvgIpc) is 2.70. The molecule has 2 N–H and O–H groups in total. The fraction of sp³-hybridized carbons (Fsp3) is 0.417. The van der Waals surface area contributed by atoms with Gasteiger partial charge in [-0.15, -0.1) is 0 Å². The first kappa shape index (κ1) is 10.0. The van der Waals surface area contributed by atoms with Gasteiger partial charge >= 0.3 is 5.97 Å². The lowest BCUT2D eigenvalue weighted by Gasteiger charge is -2.02. The molecule has 0 radical (unpaired) electrons. The summed E-state index contributed by atoms with van der Waals surface area (Å²) in [4.78, 5) is 11.0. The molecule has 0 saturated heterocycles. The lowest BCUT2D eigenvalue weighted by atomic mass is 10.0. The smallest absolute Gasteiger partial charge is 0.307 e. The Morgan fingerprint density at radius 3 is 2.20 bits per heavy atom. The minimum absolute atomic E-state index is 0.0654. The summed E-state index contributed by atoms with van der Waals surface area (Å²) in [5.41, 5.74) is 0.813. The second kappa shape index (κ2) is 2.99. The van der Waals surface area contributed by atoms with Gasteiger partial charge < -0.3 is 10.2 Å². The molecule has 1 aromatic rings. The van der Waals surface area contributed by atoms with E-state index < -0.39 is 5.97 Å². The Morgan fingerprint density at radius 1 is 1.27 bits per heavy atom. The van der Waals surface area contributed by atoms with Crippen LogP contribution in [0.4, 0.5) is 0 Å². The van der Waals surface area contributed by atoms with E-state index in [1.54, 1.807) is 24.3 Å². The molecule has 1 aliphatic carbocycles. The van der Waals surface area contributed by atoms with Crippen molar-refractivity contribution in [3.05, 3.63) is 29.8 Å². The Balaban J connectivity index is 2.27. The minimum Gasteiger partial charge on any atom is -0.508 e. The highest BCUT2D eigenvalue weighted by Crippen LogP contribution is 2.64. The number of carbonyl (C=O) groups is 1. The molecule has 2 atom stereocenters. The zero-order valence-electron chi connectivity index (χ0n) is 8.77. The molecule has 1 saturated carbocycles. The standard InChI is InChI=1S/C12H14O3/c1-12(2)9(10(12)11(14)15)7-3-5-8(13)6-4-7/h3-6,9-10,13H,1-2H3,(H,14,15)/t9-,10+/m1/s1. The average molecular weight is 206 g/mol. The lowest BCUT2D eigenvalue weighted by Crippen LogP contribution is -2.03.